The van der Waals surface area contributed by atoms with E-state index in [9.17, 15) is 4.39 Å². The fourth-order valence-corrected chi connectivity index (χ4v) is 2.36. The van der Waals surface area contributed by atoms with E-state index in [1.165, 1.54) is 12.1 Å². The molecule has 1 aromatic carbocycles. The zero-order valence-corrected chi connectivity index (χ0v) is 19.6. The van der Waals surface area contributed by atoms with Crippen molar-refractivity contribution in [3.8, 4) is 5.75 Å². The molecule has 0 radical (unpaired) electrons. The van der Waals surface area contributed by atoms with E-state index in [2.05, 4.69) is 25.8 Å². The molecule has 0 aliphatic heterocycles. The van der Waals surface area contributed by atoms with E-state index >= 15 is 0 Å². The number of methoxy groups -OCH3 is 1. The average Bonchev–Trinajstić information content (AvgIpc) is 3.00. The van der Waals surface area contributed by atoms with Gasteiger partial charge in [-0.3, -0.25) is 0 Å². The predicted molar refractivity (Wildman–Crippen MR) is 121 cm³/mol. The Morgan fingerprint density at radius 2 is 1.97 bits per heavy atom. The number of hydrogen-bond donors (Lipinski definition) is 2. The second-order valence-corrected chi connectivity index (χ2v) is 6.42. The SMILES string of the molecule is COCCCNC(=NCc1nnc(C)n1C)NCC(C)Oc1ccc(F)cc1.I. The number of guanidine groups is 1. The van der Waals surface area contributed by atoms with Crippen LogP contribution in [0.4, 0.5) is 4.39 Å². The van der Waals surface area contributed by atoms with Gasteiger partial charge in [-0.05, 0) is 44.5 Å². The quantitative estimate of drug-likeness (QED) is 0.217. The summed E-state index contributed by atoms with van der Waals surface area (Å²) in [5.74, 6) is 2.62. The first-order chi connectivity index (χ1) is 13.5. The van der Waals surface area contributed by atoms with E-state index in [1.54, 1.807) is 19.2 Å². The molecule has 2 N–H and O–H groups in total. The van der Waals surface area contributed by atoms with Gasteiger partial charge in [-0.1, -0.05) is 0 Å². The molecule has 29 heavy (non-hydrogen) atoms. The van der Waals surface area contributed by atoms with Crippen LogP contribution >= 0.6 is 24.0 Å². The summed E-state index contributed by atoms with van der Waals surface area (Å²) in [4.78, 5) is 4.58. The topological polar surface area (TPSA) is 85.6 Å². The van der Waals surface area contributed by atoms with Crippen LogP contribution in [-0.2, 0) is 18.3 Å². The highest BCUT2D eigenvalue weighted by atomic mass is 127. The lowest BCUT2D eigenvalue weighted by atomic mass is 10.3. The summed E-state index contributed by atoms with van der Waals surface area (Å²) in [5, 5.41) is 14.7. The van der Waals surface area contributed by atoms with E-state index < -0.39 is 0 Å². The smallest absolute Gasteiger partial charge is 0.191 e. The van der Waals surface area contributed by atoms with E-state index in [0.29, 0.717) is 31.4 Å². The fraction of sp³-hybridized carbons (Fsp3) is 0.526. The highest BCUT2D eigenvalue weighted by molar-refractivity contribution is 14.0. The molecule has 0 saturated carbocycles. The van der Waals surface area contributed by atoms with Gasteiger partial charge in [0.25, 0.3) is 0 Å². The van der Waals surface area contributed by atoms with Gasteiger partial charge < -0.3 is 24.7 Å². The molecule has 0 spiro atoms. The number of nitrogens with zero attached hydrogens (tertiary/aromatic N) is 4. The van der Waals surface area contributed by atoms with Crippen molar-refractivity contribution < 1.29 is 13.9 Å². The summed E-state index contributed by atoms with van der Waals surface area (Å²) in [7, 11) is 3.59. The third-order valence-electron chi connectivity index (χ3n) is 4.09. The van der Waals surface area contributed by atoms with Gasteiger partial charge in [-0.2, -0.15) is 0 Å². The first kappa shape index (κ1) is 25.1. The highest BCUT2D eigenvalue weighted by Crippen LogP contribution is 2.12. The maximum Gasteiger partial charge on any atom is 0.191 e. The zero-order chi connectivity index (χ0) is 20.4. The molecule has 1 atom stereocenters. The molecule has 1 aromatic heterocycles. The maximum absolute atomic E-state index is 13.0. The number of aliphatic imine (C=N–C) groups is 1. The Morgan fingerprint density at radius 1 is 1.24 bits per heavy atom. The minimum atomic E-state index is -0.285. The Kier molecular flexibility index (Phi) is 11.5. The molecule has 162 valence electrons. The maximum atomic E-state index is 13.0. The number of hydrogen-bond acceptors (Lipinski definition) is 5. The lowest BCUT2D eigenvalue weighted by Gasteiger charge is -2.18. The van der Waals surface area contributed by atoms with Crippen LogP contribution in [0, 0.1) is 12.7 Å². The molecule has 1 heterocycles. The number of halogens is 2. The van der Waals surface area contributed by atoms with Crippen LogP contribution < -0.4 is 15.4 Å². The summed E-state index contributed by atoms with van der Waals surface area (Å²) in [6.07, 6.45) is 0.732. The first-order valence-corrected chi connectivity index (χ1v) is 9.27. The average molecular weight is 520 g/mol. The number of nitrogens with one attached hydrogen (secondary N) is 2. The van der Waals surface area contributed by atoms with Crippen molar-refractivity contribution in [1.82, 2.24) is 25.4 Å². The van der Waals surface area contributed by atoms with Gasteiger partial charge >= 0.3 is 0 Å². The normalized spacial score (nSPS) is 12.2. The number of rotatable bonds is 10. The van der Waals surface area contributed by atoms with Gasteiger partial charge in [0.15, 0.2) is 11.8 Å². The standard InChI is InChI=1S/C19H29FN6O2.HI/c1-14(28-17-8-6-16(20)7-9-17)12-22-19(21-10-5-11-27-4)23-13-18-25-24-15(2)26(18)3;/h6-9,14H,5,10-13H2,1-4H3,(H2,21,22,23);1H. The van der Waals surface area contributed by atoms with Gasteiger partial charge in [0.2, 0.25) is 0 Å². The van der Waals surface area contributed by atoms with Crippen molar-refractivity contribution in [3.63, 3.8) is 0 Å². The van der Waals surface area contributed by atoms with Crippen LogP contribution in [0.1, 0.15) is 25.0 Å². The Balaban J connectivity index is 0.00000420. The van der Waals surface area contributed by atoms with Gasteiger partial charge in [-0.25, -0.2) is 9.38 Å². The van der Waals surface area contributed by atoms with Crippen molar-refractivity contribution in [2.45, 2.75) is 32.9 Å². The lowest BCUT2D eigenvalue weighted by Crippen LogP contribution is -2.42. The van der Waals surface area contributed by atoms with Crippen molar-refractivity contribution in [2.24, 2.45) is 12.0 Å². The largest absolute Gasteiger partial charge is 0.489 e. The fourth-order valence-electron chi connectivity index (χ4n) is 2.36. The number of aromatic nitrogens is 3. The summed E-state index contributed by atoms with van der Waals surface area (Å²) >= 11 is 0. The lowest BCUT2D eigenvalue weighted by molar-refractivity contribution is 0.195. The molecule has 0 amide bonds. The third kappa shape index (κ3) is 8.94. The van der Waals surface area contributed by atoms with Crippen LogP contribution in [0.15, 0.2) is 29.3 Å². The second-order valence-electron chi connectivity index (χ2n) is 6.42. The van der Waals surface area contributed by atoms with Crippen LogP contribution in [0.2, 0.25) is 0 Å². The second kappa shape index (κ2) is 13.3. The number of benzene rings is 1. The molecule has 0 aliphatic carbocycles. The first-order valence-electron chi connectivity index (χ1n) is 9.27. The Labute approximate surface area is 188 Å². The van der Waals surface area contributed by atoms with Crippen molar-refractivity contribution in [3.05, 3.63) is 41.7 Å². The Bertz CT molecular complexity index is 754. The van der Waals surface area contributed by atoms with Crippen LogP contribution in [0.25, 0.3) is 0 Å². The minimum Gasteiger partial charge on any atom is -0.489 e. The van der Waals surface area contributed by atoms with Crippen molar-refractivity contribution in [2.75, 3.05) is 26.8 Å². The van der Waals surface area contributed by atoms with Crippen LogP contribution in [0.3, 0.4) is 0 Å². The van der Waals surface area contributed by atoms with Crippen molar-refractivity contribution in [1.29, 1.82) is 0 Å². The molecule has 0 saturated heterocycles. The van der Waals surface area contributed by atoms with Gasteiger partial charge in [0.1, 0.15) is 30.0 Å². The molecular weight excluding hydrogens is 490 g/mol. The molecule has 1 unspecified atom stereocenters. The van der Waals surface area contributed by atoms with Gasteiger partial charge in [0.05, 0.1) is 6.54 Å². The molecule has 8 nitrogen and oxygen atoms in total. The van der Waals surface area contributed by atoms with E-state index in [4.69, 9.17) is 9.47 Å². The molecule has 0 fully saturated rings. The van der Waals surface area contributed by atoms with E-state index in [1.807, 2.05) is 25.5 Å². The molecule has 0 aliphatic rings. The molecule has 0 bridgehead atoms. The summed E-state index contributed by atoms with van der Waals surface area (Å²) < 4.78 is 25.8. The summed E-state index contributed by atoms with van der Waals surface area (Å²) in [5.41, 5.74) is 0. The van der Waals surface area contributed by atoms with E-state index in [-0.39, 0.29) is 35.9 Å². The van der Waals surface area contributed by atoms with Crippen LogP contribution in [0.5, 0.6) is 5.75 Å². The van der Waals surface area contributed by atoms with Gasteiger partial charge in [0, 0.05) is 27.3 Å². The molecule has 10 heteroatoms. The third-order valence-corrected chi connectivity index (χ3v) is 4.09. The van der Waals surface area contributed by atoms with Crippen LogP contribution in [-0.4, -0.2) is 53.6 Å². The minimum absolute atomic E-state index is 0. The van der Waals surface area contributed by atoms with Gasteiger partial charge in [-0.15, -0.1) is 34.2 Å². The van der Waals surface area contributed by atoms with E-state index in [0.717, 1.165) is 24.6 Å². The monoisotopic (exact) mass is 520 g/mol. The highest BCUT2D eigenvalue weighted by Gasteiger charge is 2.08. The molecular formula is C19H30FIN6O2. The Morgan fingerprint density at radius 3 is 2.59 bits per heavy atom. The number of aryl methyl sites for hydroxylation is 1. The summed E-state index contributed by atoms with van der Waals surface area (Å²) in [6.45, 7) is 6.18. The van der Waals surface area contributed by atoms with Crippen molar-refractivity contribution >= 4 is 29.9 Å². The Hall–Kier alpha value is -1.95. The number of ether oxygens (including phenoxy) is 2. The zero-order valence-electron chi connectivity index (χ0n) is 17.3. The summed E-state index contributed by atoms with van der Waals surface area (Å²) in [6, 6.07) is 5.98. The molecule has 2 aromatic rings. The molecule has 2 rings (SSSR count). The predicted octanol–water partition coefficient (Wildman–Crippen LogP) is 2.42.